The zero-order valence-electron chi connectivity index (χ0n) is 11.4. The van der Waals surface area contributed by atoms with Crippen molar-refractivity contribution in [2.24, 2.45) is 5.92 Å². The fourth-order valence-corrected chi connectivity index (χ4v) is 3.57. The van der Waals surface area contributed by atoms with E-state index in [1.807, 2.05) is 16.7 Å². The van der Waals surface area contributed by atoms with Gasteiger partial charge in [0.25, 0.3) is 5.56 Å². The maximum absolute atomic E-state index is 12.0. The molecule has 1 N–H and O–H groups in total. The van der Waals surface area contributed by atoms with Crippen LogP contribution in [0, 0.1) is 5.92 Å². The van der Waals surface area contributed by atoms with Gasteiger partial charge in [-0.1, -0.05) is 12.1 Å². The predicted octanol–water partition coefficient (Wildman–Crippen LogP) is 1.33. The van der Waals surface area contributed by atoms with Gasteiger partial charge in [0.05, 0.1) is 0 Å². The smallest absolute Gasteiger partial charge is 0.250 e. The molecule has 2 aliphatic rings. The van der Waals surface area contributed by atoms with Gasteiger partial charge in [-0.3, -0.25) is 4.79 Å². The SMILES string of the molecule is C=CCNC(=S)N1C[C@H]2C[C@@H](C1)c1cccc(=O)n1C2. The third kappa shape index (κ3) is 2.38. The molecule has 1 saturated heterocycles. The molecule has 1 aromatic rings. The van der Waals surface area contributed by atoms with E-state index in [0.717, 1.165) is 36.9 Å². The Kier molecular flexibility index (Phi) is 3.61. The van der Waals surface area contributed by atoms with E-state index in [1.54, 1.807) is 6.07 Å². The fourth-order valence-electron chi connectivity index (χ4n) is 3.33. The van der Waals surface area contributed by atoms with E-state index in [9.17, 15) is 4.79 Å². The van der Waals surface area contributed by atoms with Crippen LogP contribution in [-0.2, 0) is 6.54 Å². The summed E-state index contributed by atoms with van der Waals surface area (Å²) >= 11 is 5.44. The first kappa shape index (κ1) is 13.4. The van der Waals surface area contributed by atoms with Crippen molar-refractivity contribution in [2.75, 3.05) is 19.6 Å². The average Bonchev–Trinajstić information content (AvgIpc) is 2.46. The first-order valence-corrected chi connectivity index (χ1v) is 7.43. The van der Waals surface area contributed by atoms with Crippen LogP contribution in [-0.4, -0.2) is 34.2 Å². The summed E-state index contributed by atoms with van der Waals surface area (Å²) in [5.41, 5.74) is 1.28. The summed E-state index contributed by atoms with van der Waals surface area (Å²) in [4.78, 5) is 14.2. The van der Waals surface area contributed by atoms with E-state index < -0.39 is 0 Å². The molecule has 106 valence electrons. The van der Waals surface area contributed by atoms with Crippen LogP contribution in [0.15, 0.2) is 35.6 Å². The maximum Gasteiger partial charge on any atom is 0.250 e. The standard InChI is InChI=1S/C15H19N3OS/c1-2-6-16-15(20)17-8-11-7-12(10-17)13-4-3-5-14(19)18(13)9-11/h2-5,11-12H,1,6-10H2,(H,16,20)/t11-,12+/m1/s1. The monoisotopic (exact) mass is 289 g/mol. The molecule has 3 heterocycles. The summed E-state index contributed by atoms with van der Waals surface area (Å²) in [6.07, 6.45) is 2.97. The van der Waals surface area contributed by atoms with Crippen LogP contribution >= 0.6 is 12.2 Å². The second-order valence-electron chi connectivity index (χ2n) is 5.58. The van der Waals surface area contributed by atoms with Crippen molar-refractivity contribution in [2.45, 2.75) is 18.9 Å². The van der Waals surface area contributed by atoms with Crippen molar-refractivity contribution in [3.05, 3.63) is 46.9 Å². The van der Waals surface area contributed by atoms with Gasteiger partial charge in [0.2, 0.25) is 0 Å². The summed E-state index contributed by atoms with van der Waals surface area (Å²) in [6, 6.07) is 5.59. The summed E-state index contributed by atoms with van der Waals surface area (Å²) in [5, 5.41) is 3.99. The van der Waals surface area contributed by atoms with Crippen LogP contribution in [0.3, 0.4) is 0 Å². The van der Waals surface area contributed by atoms with Gasteiger partial charge in [-0.15, -0.1) is 6.58 Å². The number of thiocarbonyl (C=S) groups is 1. The number of fused-ring (bicyclic) bond motifs is 4. The summed E-state index contributed by atoms with van der Waals surface area (Å²) < 4.78 is 1.94. The minimum absolute atomic E-state index is 0.123. The molecule has 0 spiro atoms. The predicted molar refractivity (Wildman–Crippen MR) is 83.9 cm³/mol. The van der Waals surface area contributed by atoms with Gasteiger partial charge in [0, 0.05) is 43.9 Å². The van der Waals surface area contributed by atoms with Gasteiger partial charge >= 0.3 is 0 Å². The third-order valence-electron chi connectivity index (χ3n) is 4.16. The molecule has 0 amide bonds. The minimum Gasteiger partial charge on any atom is -0.359 e. The van der Waals surface area contributed by atoms with Crippen LogP contribution in [0.25, 0.3) is 0 Å². The van der Waals surface area contributed by atoms with Crippen molar-refractivity contribution in [1.82, 2.24) is 14.8 Å². The number of aromatic nitrogens is 1. The van der Waals surface area contributed by atoms with Crippen molar-refractivity contribution in [1.29, 1.82) is 0 Å². The molecule has 4 nitrogen and oxygen atoms in total. The Labute approximate surface area is 124 Å². The molecule has 2 aliphatic heterocycles. The summed E-state index contributed by atoms with van der Waals surface area (Å²) in [7, 11) is 0. The van der Waals surface area contributed by atoms with Crippen LogP contribution < -0.4 is 10.9 Å². The molecular formula is C15H19N3OS. The lowest BCUT2D eigenvalue weighted by Gasteiger charge is -2.43. The van der Waals surface area contributed by atoms with Crippen LogP contribution in [0.2, 0.25) is 0 Å². The zero-order valence-corrected chi connectivity index (χ0v) is 12.2. The van der Waals surface area contributed by atoms with Crippen LogP contribution in [0.5, 0.6) is 0 Å². The van der Waals surface area contributed by atoms with E-state index in [-0.39, 0.29) is 5.56 Å². The van der Waals surface area contributed by atoms with Gasteiger partial charge in [0.1, 0.15) is 0 Å². The van der Waals surface area contributed by atoms with E-state index in [2.05, 4.69) is 22.9 Å². The number of hydrogen-bond acceptors (Lipinski definition) is 2. The zero-order chi connectivity index (χ0) is 14.1. The molecule has 1 aromatic heterocycles. The Bertz CT molecular complexity index is 595. The number of rotatable bonds is 2. The topological polar surface area (TPSA) is 37.3 Å². The molecule has 0 radical (unpaired) electrons. The summed E-state index contributed by atoms with van der Waals surface area (Å²) in [5.74, 6) is 0.907. The Morgan fingerprint density at radius 3 is 3.10 bits per heavy atom. The Hall–Kier alpha value is -1.62. The normalized spacial score (nSPS) is 23.9. The highest BCUT2D eigenvalue weighted by molar-refractivity contribution is 7.80. The van der Waals surface area contributed by atoms with Crippen molar-refractivity contribution in [3.8, 4) is 0 Å². The highest BCUT2D eigenvalue weighted by Gasteiger charge is 2.35. The highest BCUT2D eigenvalue weighted by Crippen LogP contribution is 2.34. The second-order valence-corrected chi connectivity index (χ2v) is 5.96. The first-order valence-electron chi connectivity index (χ1n) is 7.02. The number of hydrogen-bond donors (Lipinski definition) is 1. The number of nitrogens with one attached hydrogen (secondary N) is 1. The van der Waals surface area contributed by atoms with Gasteiger partial charge in [-0.2, -0.15) is 0 Å². The van der Waals surface area contributed by atoms with Gasteiger partial charge in [0.15, 0.2) is 5.11 Å². The van der Waals surface area contributed by atoms with Crippen molar-refractivity contribution >= 4 is 17.3 Å². The minimum atomic E-state index is 0.123. The Morgan fingerprint density at radius 1 is 1.45 bits per heavy atom. The molecule has 5 heteroatoms. The molecule has 0 aliphatic carbocycles. The lowest BCUT2D eigenvalue weighted by Crippen LogP contribution is -2.51. The van der Waals surface area contributed by atoms with Gasteiger partial charge < -0.3 is 14.8 Å². The number of likely N-dealkylation sites (tertiary alicyclic amines) is 1. The number of piperidine rings is 1. The fraction of sp³-hybridized carbons (Fsp3) is 0.467. The van der Waals surface area contributed by atoms with E-state index in [1.165, 1.54) is 0 Å². The number of nitrogens with zero attached hydrogens (tertiary/aromatic N) is 2. The molecular weight excluding hydrogens is 270 g/mol. The van der Waals surface area contributed by atoms with Crippen molar-refractivity contribution in [3.63, 3.8) is 0 Å². The average molecular weight is 289 g/mol. The second kappa shape index (κ2) is 5.40. The highest BCUT2D eigenvalue weighted by atomic mass is 32.1. The Balaban J connectivity index is 1.82. The molecule has 2 bridgehead atoms. The quantitative estimate of drug-likeness (QED) is 0.658. The Morgan fingerprint density at radius 2 is 2.30 bits per heavy atom. The first-order chi connectivity index (χ1) is 9.69. The lowest BCUT2D eigenvalue weighted by molar-refractivity contribution is 0.177. The number of pyridine rings is 1. The van der Waals surface area contributed by atoms with E-state index in [0.29, 0.717) is 18.4 Å². The maximum atomic E-state index is 12.0. The molecule has 20 heavy (non-hydrogen) atoms. The van der Waals surface area contributed by atoms with E-state index >= 15 is 0 Å². The van der Waals surface area contributed by atoms with Gasteiger partial charge in [-0.05, 0) is 30.6 Å². The van der Waals surface area contributed by atoms with Crippen LogP contribution in [0.4, 0.5) is 0 Å². The molecule has 0 saturated carbocycles. The molecule has 1 fully saturated rings. The molecule has 0 unspecified atom stereocenters. The summed E-state index contributed by atoms with van der Waals surface area (Å²) in [6.45, 7) is 7.03. The van der Waals surface area contributed by atoms with E-state index in [4.69, 9.17) is 12.2 Å². The molecule has 2 atom stereocenters. The van der Waals surface area contributed by atoms with Crippen LogP contribution in [0.1, 0.15) is 18.0 Å². The third-order valence-corrected chi connectivity index (χ3v) is 4.57. The largest absolute Gasteiger partial charge is 0.359 e. The molecule has 3 rings (SSSR count). The molecule has 0 aromatic carbocycles. The van der Waals surface area contributed by atoms with Crippen molar-refractivity contribution < 1.29 is 0 Å². The van der Waals surface area contributed by atoms with Gasteiger partial charge in [-0.25, -0.2) is 0 Å². The lowest BCUT2D eigenvalue weighted by atomic mass is 9.83.